The van der Waals surface area contributed by atoms with Gasteiger partial charge < -0.3 is 14.0 Å². The second-order valence-electron chi connectivity index (χ2n) is 14.6. The normalized spacial score (nSPS) is 11.8. The highest BCUT2D eigenvalue weighted by molar-refractivity contribution is 6.11. The second kappa shape index (κ2) is 12.0. The van der Waals surface area contributed by atoms with Crippen molar-refractivity contribution in [2.24, 2.45) is 0 Å². The van der Waals surface area contributed by atoms with Gasteiger partial charge in [-0.15, -0.1) is 0 Å². The number of anilines is 3. The molecule has 0 unspecified atom stereocenters. The molecule has 0 spiro atoms. The first-order chi connectivity index (χ1) is 25.9. The molecule has 3 heteroatoms. The van der Waals surface area contributed by atoms with Crippen molar-refractivity contribution in [3.63, 3.8) is 0 Å². The molecule has 10 aromatic rings. The van der Waals surface area contributed by atoms with Gasteiger partial charge in [0.15, 0.2) is 0 Å². The number of rotatable bonds is 5. The summed E-state index contributed by atoms with van der Waals surface area (Å²) in [6, 6.07) is 60.6. The number of hydrogen-bond acceptors (Lipinski definition) is 1. The van der Waals surface area contributed by atoms with Gasteiger partial charge in [0.2, 0.25) is 0 Å². The summed E-state index contributed by atoms with van der Waals surface area (Å²) in [6.45, 7) is 8.69. The lowest BCUT2D eigenvalue weighted by molar-refractivity contribution is 1.17. The van der Waals surface area contributed by atoms with Crippen LogP contribution < -0.4 is 4.90 Å². The third kappa shape index (κ3) is 5.03. The van der Waals surface area contributed by atoms with Gasteiger partial charge in [-0.3, -0.25) is 0 Å². The predicted octanol–water partition coefficient (Wildman–Crippen LogP) is 13.7. The molecule has 0 saturated heterocycles. The van der Waals surface area contributed by atoms with Crippen LogP contribution in [0.5, 0.6) is 0 Å². The van der Waals surface area contributed by atoms with Gasteiger partial charge in [0, 0.05) is 49.7 Å². The third-order valence-electron chi connectivity index (χ3n) is 10.9. The van der Waals surface area contributed by atoms with Gasteiger partial charge in [-0.25, -0.2) is 0 Å². The Morgan fingerprint density at radius 1 is 0.340 bits per heavy atom. The molecule has 0 aliphatic rings. The van der Waals surface area contributed by atoms with Gasteiger partial charge in [0.1, 0.15) is 0 Å². The Hall–Kier alpha value is -6.58. The predicted molar refractivity (Wildman–Crippen MR) is 226 cm³/mol. The van der Waals surface area contributed by atoms with Crippen molar-refractivity contribution in [1.29, 1.82) is 0 Å². The standard InChI is InChI=1S/C50H39N3/c1-32-12-24-47-42(28-32)43-29-33(2)13-25-48(43)52(47)39-20-16-37(17-21-39)51(46-11-7-9-36-8-5-6-10-41(36)46)38-18-22-40(23-19-38)53-49-26-14-34(3)30-44(49)45-31-35(4)15-27-50(45)53/h5-31H,1-4H3. The summed E-state index contributed by atoms with van der Waals surface area (Å²) >= 11 is 0. The van der Waals surface area contributed by atoms with E-state index in [9.17, 15) is 0 Å². The highest BCUT2D eigenvalue weighted by Gasteiger charge is 2.19. The third-order valence-corrected chi connectivity index (χ3v) is 10.9. The van der Waals surface area contributed by atoms with Crippen LogP contribution in [0, 0.1) is 27.7 Å². The lowest BCUT2D eigenvalue weighted by atomic mass is 10.1. The van der Waals surface area contributed by atoms with Crippen LogP contribution in [0.3, 0.4) is 0 Å². The van der Waals surface area contributed by atoms with E-state index in [-0.39, 0.29) is 0 Å². The maximum Gasteiger partial charge on any atom is 0.0541 e. The number of fused-ring (bicyclic) bond motifs is 7. The van der Waals surface area contributed by atoms with Crippen LogP contribution in [0.15, 0.2) is 164 Å². The van der Waals surface area contributed by atoms with E-state index in [4.69, 9.17) is 0 Å². The molecule has 0 bridgehead atoms. The fourth-order valence-corrected chi connectivity index (χ4v) is 8.39. The van der Waals surface area contributed by atoms with Gasteiger partial charge in [0.25, 0.3) is 0 Å². The Morgan fingerprint density at radius 2 is 0.717 bits per heavy atom. The van der Waals surface area contributed by atoms with Crippen molar-refractivity contribution in [1.82, 2.24) is 9.13 Å². The lowest BCUT2D eigenvalue weighted by Gasteiger charge is -2.27. The Labute approximate surface area is 309 Å². The first kappa shape index (κ1) is 31.2. The van der Waals surface area contributed by atoms with E-state index in [1.54, 1.807) is 0 Å². The van der Waals surface area contributed by atoms with Crippen LogP contribution in [-0.4, -0.2) is 9.13 Å². The molecule has 0 amide bonds. The van der Waals surface area contributed by atoms with Crippen molar-refractivity contribution in [2.45, 2.75) is 27.7 Å². The zero-order valence-corrected chi connectivity index (χ0v) is 30.4. The molecule has 10 rings (SSSR count). The molecule has 254 valence electrons. The average molecular weight is 682 g/mol. The van der Waals surface area contributed by atoms with Crippen LogP contribution >= 0.6 is 0 Å². The molecule has 0 atom stereocenters. The van der Waals surface area contributed by atoms with E-state index < -0.39 is 0 Å². The fraction of sp³-hybridized carbons (Fsp3) is 0.0800. The van der Waals surface area contributed by atoms with E-state index in [0.717, 1.165) is 28.4 Å². The number of hydrogen-bond donors (Lipinski definition) is 0. The van der Waals surface area contributed by atoms with Gasteiger partial charge in [-0.05, 0) is 136 Å². The largest absolute Gasteiger partial charge is 0.310 e. The van der Waals surface area contributed by atoms with Crippen molar-refractivity contribution in [2.75, 3.05) is 4.90 Å². The first-order valence-corrected chi connectivity index (χ1v) is 18.4. The summed E-state index contributed by atoms with van der Waals surface area (Å²) in [7, 11) is 0. The monoisotopic (exact) mass is 681 g/mol. The zero-order chi connectivity index (χ0) is 35.8. The average Bonchev–Trinajstić information content (AvgIpc) is 3.66. The summed E-state index contributed by atoms with van der Waals surface area (Å²) in [6.07, 6.45) is 0. The van der Waals surface area contributed by atoms with Gasteiger partial charge in [0.05, 0.1) is 27.8 Å². The van der Waals surface area contributed by atoms with Crippen molar-refractivity contribution in [3.8, 4) is 11.4 Å². The van der Waals surface area contributed by atoms with Crippen molar-refractivity contribution < 1.29 is 0 Å². The summed E-state index contributed by atoms with van der Waals surface area (Å²) < 4.78 is 4.80. The Bertz CT molecular complexity index is 2740. The first-order valence-electron chi connectivity index (χ1n) is 18.4. The number of benzene rings is 8. The second-order valence-corrected chi connectivity index (χ2v) is 14.6. The molecular weight excluding hydrogens is 643 g/mol. The summed E-state index contributed by atoms with van der Waals surface area (Å²) in [5, 5.41) is 7.59. The van der Waals surface area contributed by atoms with E-state index >= 15 is 0 Å². The summed E-state index contributed by atoms with van der Waals surface area (Å²) in [5.74, 6) is 0. The van der Waals surface area contributed by atoms with Crippen molar-refractivity contribution >= 4 is 71.4 Å². The van der Waals surface area contributed by atoms with Crippen LogP contribution in [-0.2, 0) is 0 Å². The quantitative estimate of drug-likeness (QED) is 0.176. The van der Waals surface area contributed by atoms with E-state index in [1.807, 2.05) is 0 Å². The minimum absolute atomic E-state index is 1.10. The molecule has 0 fully saturated rings. The van der Waals surface area contributed by atoms with Crippen LogP contribution in [0.25, 0.3) is 65.8 Å². The molecule has 0 aliphatic heterocycles. The highest BCUT2D eigenvalue weighted by Crippen LogP contribution is 2.41. The van der Waals surface area contributed by atoms with Gasteiger partial charge >= 0.3 is 0 Å². The fourth-order valence-electron chi connectivity index (χ4n) is 8.39. The molecule has 0 N–H and O–H groups in total. The van der Waals surface area contributed by atoms with Crippen molar-refractivity contribution in [3.05, 3.63) is 186 Å². The number of aryl methyl sites for hydroxylation is 4. The minimum atomic E-state index is 1.10. The summed E-state index contributed by atoms with van der Waals surface area (Å²) in [4.78, 5) is 2.40. The summed E-state index contributed by atoms with van der Waals surface area (Å²) in [5.41, 5.74) is 15.6. The van der Waals surface area contributed by atoms with Crippen LogP contribution in [0.4, 0.5) is 17.1 Å². The van der Waals surface area contributed by atoms with Crippen LogP contribution in [0.1, 0.15) is 22.3 Å². The zero-order valence-electron chi connectivity index (χ0n) is 30.4. The molecule has 0 saturated carbocycles. The maximum absolute atomic E-state index is 2.40. The Kier molecular flexibility index (Phi) is 7.06. The molecular formula is C50H39N3. The topological polar surface area (TPSA) is 13.1 Å². The number of nitrogens with zero attached hydrogens (tertiary/aromatic N) is 3. The van der Waals surface area contributed by atoms with E-state index in [1.165, 1.54) is 76.6 Å². The van der Waals surface area contributed by atoms with Gasteiger partial charge in [-0.2, -0.15) is 0 Å². The van der Waals surface area contributed by atoms with Gasteiger partial charge in [-0.1, -0.05) is 82.9 Å². The Morgan fingerprint density at radius 3 is 1.13 bits per heavy atom. The SMILES string of the molecule is Cc1ccc2c(c1)c1cc(C)ccc1n2-c1ccc(N(c2ccc(-n3c4ccc(C)cc4c4cc(C)ccc43)cc2)c2cccc3ccccc23)cc1. The van der Waals surface area contributed by atoms with E-state index in [0.29, 0.717) is 0 Å². The molecule has 2 aromatic heterocycles. The molecule has 2 heterocycles. The highest BCUT2D eigenvalue weighted by atomic mass is 15.1. The van der Waals surface area contributed by atoms with Crippen LogP contribution in [0.2, 0.25) is 0 Å². The molecule has 3 nitrogen and oxygen atoms in total. The smallest absolute Gasteiger partial charge is 0.0541 e. The van der Waals surface area contributed by atoms with E-state index in [2.05, 4.69) is 206 Å². The number of aromatic nitrogens is 2. The molecule has 53 heavy (non-hydrogen) atoms. The molecule has 0 radical (unpaired) electrons. The maximum atomic E-state index is 2.40. The molecule has 8 aromatic carbocycles. The minimum Gasteiger partial charge on any atom is -0.310 e. The molecule has 0 aliphatic carbocycles. The Balaban J connectivity index is 1.13. The lowest BCUT2D eigenvalue weighted by Crippen LogP contribution is -2.11.